The Morgan fingerprint density at radius 3 is 2.92 bits per heavy atom. The van der Waals surface area contributed by atoms with Crippen LogP contribution >= 0.6 is 0 Å². The summed E-state index contributed by atoms with van der Waals surface area (Å²) in [6.45, 7) is 0.295. The van der Waals surface area contributed by atoms with Crippen LogP contribution in [0.25, 0.3) is 0 Å². The summed E-state index contributed by atoms with van der Waals surface area (Å²) in [5.41, 5.74) is 2.88. The van der Waals surface area contributed by atoms with Crippen LogP contribution in [-0.4, -0.2) is 7.11 Å². The van der Waals surface area contributed by atoms with Crippen LogP contribution in [0.15, 0.2) is 18.2 Å². The van der Waals surface area contributed by atoms with E-state index in [4.69, 9.17) is 10.6 Å². The van der Waals surface area contributed by atoms with E-state index in [0.717, 1.165) is 0 Å². The van der Waals surface area contributed by atoms with Crippen molar-refractivity contribution in [3.63, 3.8) is 0 Å². The number of hydrazine groups is 1. The molecule has 0 amide bonds. The predicted octanol–water partition coefficient (Wildman–Crippen LogP) is 0.798. The zero-order valence-corrected chi connectivity index (χ0v) is 6.80. The highest BCUT2D eigenvalue weighted by Gasteiger charge is 2.06. The smallest absolute Gasteiger partial charge is 0.169 e. The van der Waals surface area contributed by atoms with Gasteiger partial charge in [0.1, 0.15) is 0 Å². The van der Waals surface area contributed by atoms with Gasteiger partial charge < -0.3 is 4.74 Å². The summed E-state index contributed by atoms with van der Waals surface area (Å²) in [7, 11) is 1.43. The molecule has 0 fully saturated rings. The summed E-state index contributed by atoms with van der Waals surface area (Å²) < 4.78 is 18.0. The molecule has 1 rings (SSSR count). The second-order valence-corrected chi connectivity index (χ2v) is 2.31. The molecule has 0 aromatic heterocycles. The normalized spacial score (nSPS) is 9.92. The molecule has 3 nitrogen and oxygen atoms in total. The minimum Gasteiger partial charge on any atom is -0.494 e. The lowest BCUT2D eigenvalue weighted by molar-refractivity contribution is 0.383. The van der Waals surface area contributed by atoms with Crippen LogP contribution in [0.3, 0.4) is 0 Å². The molecule has 0 heterocycles. The molecule has 3 N–H and O–H groups in total. The number of nitrogens with two attached hydrogens (primary N) is 1. The first-order chi connectivity index (χ1) is 5.79. The highest BCUT2D eigenvalue weighted by molar-refractivity contribution is 5.30. The van der Waals surface area contributed by atoms with Crippen molar-refractivity contribution in [2.24, 2.45) is 5.84 Å². The van der Waals surface area contributed by atoms with Crippen molar-refractivity contribution in [3.8, 4) is 5.75 Å². The molecular weight excluding hydrogens is 159 g/mol. The van der Waals surface area contributed by atoms with Gasteiger partial charge in [-0.25, -0.2) is 4.39 Å². The van der Waals surface area contributed by atoms with Crippen molar-refractivity contribution in [3.05, 3.63) is 29.6 Å². The van der Waals surface area contributed by atoms with Crippen LogP contribution in [0.2, 0.25) is 0 Å². The first-order valence-electron chi connectivity index (χ1n) is 3.54. The van der Waals surface area contributed by atoms with Gasteiger partial charge in [-0.1, -0.05) is 12.1 Å². The number of halogens is 1. The number of hydrogen-bond acceptors (Lipinski definition) is 3. The number of ether oxygens (including phenoxy) is 1. The average molecular weight is 170 g/mol. The van der Waals surface area contributed by atoms with Gasteiger partial charge in [0, 0.05) is 12.1 Å². The third kappa shape index (κ3) is 1.72. The average Bonchev–Trinajstić information content (AvgIpc) is 2.09. The maximum absolute atomic E-state index is 13.2. The fourth-order valence-electron chi connectivity index (χ4n) is 0.960. The molecule has 0 atom stereocenters. The Bertz CT molecular complexity index is 265. The van der Waals surface area contributed by atoms with Gasteiger partial charge in [-0.05, 0) is 6.07 Å². The van der Waals surface area contributed by atoms with E-state index >= 15 is 0 Å². The topological polar surface area (TPSA) is 47.3 Å². The molecule has 1 aromatic rings. The van der Waals surface area contributed by atoms with Gasteiger partial charge in [0.15, 0.2) is 11.6 Å². The summed E-state index contributed by atoms with van der Waals surface area (Å²) >= 11 is 0. The minimum atomic E-state index is -0.363. The number of nitrogens with one attached hydrogen (secondary N) is 1. The molecule has 0 unspecified atom stereocenters. The molecule has 0 saturated carbocycles. The van der Waals surface area contributed by atoms with E-state index in [1.165, 1.54) is 7.11 Å². The van der Waals surface area contributed by atoms with Crippen molar-refractivity contribution < 1.29 is 9.13 Å². The molecule has 0 radical (unpaired) electrons. The number of rotatable bonds is 3. The van der Waals surface area contributed by atoms with Gasteiger partial charge in [-0.15, -0.1) is 0 Å². The van der Waals surface area contributed by atoms with Crippen LogP contribution in [0.4, 0.5) is 4.39 Å². The SMILES string of the molecule is COc1cccc(CNN)c1F. The number of hydrogen-bond donors (Lipinski definition) is 2. The van der Waals surface area contributed by atoms with Crippen LogP contribution in [-0.2, 0) is 6.54 Å². The Hall–Kier alpha value is -1.13. The third-order valence-electron chi connectivity index (χ3n) is 1.56. The first-order valence-corrected chi connectivity index (χ1v) is 3.54. The fourth-order valence-corrected chi connectivity index (χ4v) is 0.960. The molecule has 0 saturated heterocycles. The Kier molecular flexibility index (Phi) is 3.01. The standard InChI is InChI=1S/C8H11FN2O/c1-12-7-4-2-3-6(5-11-10)8(7)9/h2-4,11H,5,10H2,1H3. The third-order valence-corrected chi connectivity index (χ3v) is 1.56. The fraction of sp³-hybridized carbons (Fsp3) is 0.250. The summed E-state index contributed by atoms with van der Waals surface area (Å²) in [5, 5.41) is 0. The zero-order valence-electron chi connectivity index (χ0n) is 6.80. The molecule has 0 spiro atoms. The van der Waals surface area contributed by atoms with Crippen molar-refractivity contribution in [1.82, 2.24) is 5.43 Å². The molecule has 4 heteroatoms. The molecule has 1 aromatic carbocycles. The summed E-state index contributed by atoms with van der Waals surface area (Å²) in [6.07, 6.45) is 0. The van der Waals surface area contributed by atoms with E-state index in [1.807, 2.05) is 0 Å². The molecule has 0 aliphatic carbocycles. The maximum Gasteiger partial charge on any atom is 0.169 e. The highest BCUT2D eigenvalue weighted by Crippen LogP contribution is 2.19. The highest BCUT2D eigenvalue weighted by atomic mass is 19.1. The molecular formula is C8H11FN2O. The number of methoxy groups -OCH3 is 1. The van der Waals surface area contributed by atoms with Crippen molar-refractivity contribution >= 4 is 0 Å². The van der Waals surface area contributed by atoms with Crippen LogP contribution in [0.5, 0.6) is 5.75 Å². The van der Waals surface area contributed by atoms with E-state index < -0.39 is 0 Å². The zero-order chi connectivity index (χ0) is 8.97. The van der Waals surface area contributed by atoms with Gasteiger partial charge in [0.2, 0.25) is 0 Å². The summed E-state index contributed by atoms with van der Waals surface area (Å²) in [6, 6.07) is 4.93. The minimum absolute atomic E-state index is 0.239. The second kappa shape index (κ2) is 4.04. The maximum atomic E-state index is 13.2. The van der Waals surface area contributed by atoms with Gasteiger partial charge in [0.05, 0.1) is 7.11 Å². The Morgan fingerprint density at radius 2 is 2.33 bits per heavy atom. The lowest BCUT2D eigenvalue weighted by atomic mass is 10.2. The molecule has 0 bridgehead atoms. The van der Waals surface area contributed by atoms with Crippen molar-refractivity contribution in [1.29, 1.82) is 0 Å². The molecule has 12 heavy (non-hydrogen) atoms. The molecule has 0 aliphatic heterocycles. The largest absolute Gasteiger partial charge is 0.494 e. The van der Waals surface area contributed by atoms with Gasteiger partial charge >= 0.3 is 0 Å². The van der Waals surface area contributed by atoms with E-state index in [0.29, 0.717) is 12.1 Å². The summed E-state index contributed by atoms with van der Waals surface area (Å²) in [4.78, 5) is 0. The van der Waals surface area contributed by atoms with Crippen LogP contribution < -0.4 is 16.0 Å². The first kappa shape index (κ1) is 8.96. The van der Waals surface area contributed by atoms with Crippen LogP contribution in [0.1, 0.15) is 5.56 Å². The Balaban J connectivity index is 2.97. The lowest BCUT2D eigenvalue weighted by Gasteiger charge is -2.05. The Morgan fingerprint density at radius 1 is 1.58 bits per heavy atom. The van der Waals surface area contributed by atoms with E-state index in [1.54, 1.807) is 18.2 Å². The van der Waals surface area contributed by atoms with Gasteiger partial charge in [-0.3, -0.25) is 11.3 Å². The van der Waals surface area contributed by atoms with Gasteiger partial charge in [-0.2, -0.15) is 0 Å². The molecule has 66 valence electrons. The van der Waals surface area contributed by atoms with Crippen molar-refractivity contribution in [2.45, 2.75) is 6.54 Å². The predicted molar refractivity (Wildman–Crippen MR) is 44.0 cm³/mol. The van der Waals surface area contributed by atoms with E-state index in [-0.39, 0.29) is 11.6 Å². The van der Waals surface area contributed by atoms with Crippen LogP contribution in [0, 0.1) is 5.82 Å². The quantitative estimate of drug-likeness (QED) is 0.521. The second-order valence-electron chi connectivity index (χ2n) is 2.31. The molecule has 0 aliphatic rings. The number of benzene rings is 1. The monoisotopic (exact) mass is 170 g/mol. The van der Waals surface area contributed by atoms with E-state index in [2.05, 4.69) is 5.43 Å². The van der Waals surface area contributed by atoms with Gasteiger partial charge in [0.25, 0.3) is 0 Å². The lowest BCUT2D eigenvalue weighted by Crippen LogP contribution is -2.21. The van der Waals surface area contributed by atoms with Crippen molar-refractivity contribution in [2.75, 3.05) is 7.11 Å². The Labute approximate surface area is 70.3 Å². The van der Waals surface area contributed by atoms with E-state index in [9.17, 15) is 4.39 Å². The summed E-state index contributed by atoms with van der Waals surface area (Å²) in [5.74, 6) is 4.94.